The van der Waals surface area contributed by atoms with Gasteiger partial charge in [-0.25, -0.2) is 9.18 Å². The maximum absolute atomic E-state index is 13.1. The fourth-order valence-electron chi connectivity index (χ4n) is 3.49. The second-order valence-electron chi connectivity index (χ2n) is 7.63. The molecule has 0 fully saturated rings. The molecule has 2 amide bonds. The quantitative estimate of drug-likeness (QED) is 0.664. The number of halogens is 1. The number of likely N-dealkylation sites (N-methyl/N-ethyl adjacent to an activating group) is 1. The van der Waals surface area contributed by atoms with Crippen LogP contribution in [0.25, 0.3) is 0 Å². The maximum atomic E-state index is 13.1. The summed E-state index contributed by atoms with van der Waals surface area (Å²) in [6.07, 6.45) is 1.48. The highest BCUT2D eigenvalue weighted by Gasteiger charge is 2.31. The number of thioether (sulfide) groups is 1. The molecule has 0 aromatic heterocycles. The summed E-state index contributed by atoms with van der Waals surface area (Å²) < 4.78 is 12.2. The third-order valence-corrected chi connectivity index (χ3v) is 6.29. The molecule has 0 aliphatic heterocycles. The number of nitrogens with one attached hydrogen (secondary N) is 1. The van der Waals surface area contributed by atoms with Crippen molar-refractivity contribution in [3.8, 4) is 0 Å². The number of hydrogen-bond donors (Lipinski definition) is 2. The zero-order valence-electron chi connectivity index (χ0n) is 16.7. The van der Waals surface area contributed by atoms with Gasteiger partial charge in [-0.15, -0.1) is 11.8 Å². The van der Waals surface area contributed by atoms with Crippen LogP contribution < -0.4 is 5.32 Å². The lowest BCUT2D eigenvalue weighted by Gasteiger charge is -2.28. The first kappa shape index (κ1) is 21.2. The summed E-state index contributed by atoms with van der Waals surface area (Å²) in [7, 11) is 0. The van der Waals surface area contributed by atoms with E-state index in [1.807, 2.05) is 25.1 Å². The van der Waals surface area contributed by atoms with Crippen LogP contribution in [-0.2, 0) is 17.6 Å². The number of nitrogens with zero attached hydrogens (tertiary/aromatic N) is 1. The highest BCUT2D eigenvalue weighted by molar-refractivity contribution is 8.01. The molecular weight excluding hydrogens is 391 g/mol. The highest BCUT2D eigenvalue weighted by atomic mass is 32.2. The average molecular weight is 417 g/mol. The van der Waals surface area contributed by atoms with Crippen molar-refractivity contribution in [3.63, 3.8) is 0 Å². The molecule has 154 valence electrons. The Labute approximate surface area is 174 Å². The minimum absolute atomic E-state index is 0.0307. The Bertz CT molecular complexity index is 915. The number of carboxylic acids is 1. The van der Waals surface area contributed by atoms with Crippen molar-refractivity contribution in [2.75, 3.05) is 11.9 Å². The van der Waals surface area contributed by atoms with E-state index >= 15 is 0 Å². The number of carbonyl (C=O) groups excluding carboxylic acids is 1. The van der Waals surface area contributed by atoms with Gasteiger partial charge in [-0.1, -0.05) is 6.07 Å². The van der Waals surface area contributed by atoms with Gasteiger partial charge in [0, 0.05) is 23.2 Å². The van der Waals surface area contributed by atoms with Crippen LogP contribution in [0.1, 0.15) is 31.9 Å². The second-order valence-corrected chi connectivity index (χ2v) is 9.33. The smallest absolute Gasteiger partial charge is 0.322 e. The van der Waals surface area contributed by atoms with Crippen LogP contribution in [0, 0.1) is 5.82 Å². The SMILES string of the molecule is CCN(C(=O)Nc1ccc(F)cc1)[C@@H]1Cc2ccc(SC(C)(C)C(=O)O)cc2C1. The first-order chi connectivity index (χ1) is 13.7. The van der Waals surface area contributed by atoms with Crippen molar-refractivity contribution in [1.82, 2.24) is 4.90 Å². The van der Waals surface area contributed by atoms with Crippen molar-refractivity contribution in [2.24, 2.45) is 0 Å². The number of rotatable bonds is 6. The lowest BCUT2D eigenvalue weighted by molar-refractivity contribution is -0.138. The lowest BCUT2D eigenvalue weighted by atomic mass is 10.1. The Kier molecular flexibility index (Phi) is 6.17. The first-order valence-electron chi connectivity index (χ1n) is 9.57. The summed E-state index contributed by atoms with van der Waals surface area (Å²) in [6, 6.07) is 11.5. The molecule has 0 radical (unpaired) electrons. The average Bonchev–Trinajstić information content (AvgIpc) is 3.06. The highest BCUT2D eigenvalue weighted by Crippen LogP contribution is 2.36. The zero-order valence-corrected chi connectivity index (χ0v) is 17.6. The van der Waals surface area contributed by atoms with Crippen LogP contribution in [0.3, 0.4) is 0 Å². The Morgan fingerprint density at radius 2 is 1.83 bits per heavy atom. The van der Waals surface area contributed by atoms with E-state index in [2.05, 4.69) is 5.32 Å². The summed E-state index contributed by atoms with van der Waals surface area (Å²) in [5, 5.41) is 12.2. The predicted molar refractivity (Wildman–Crippen MR) is 113 cm³/mol. The van der Waals surface area contributed by atoms with Crippen molar-refractivity contribution in [3.05, 3.63) is 59.4 Å². The van der Waals surface area contributed by atoms with Gasteiger partial charge in [0.05, 0.1) is 0 Å². The molecule has 2 N–H and O–H groups in total. The van der Waals surface area contributed by atoms with Crippen molar-refractivity contribution < 1.29 is 19.1 Å². The second kappa shape index (κ2) is 8.45. The number of fused-ring (bicyclic) bond motifs is 1. The third kappa shape index (κ3) is 4.90. The largest absolute Gasteiger partial charge is 0.480 e. The van der Waals surface area contributed by atoms with Crippen LogP contribution in [0.4, 0.5) is 14.9 Å². The number of amides is 2. The topological polar surface area (TPSA) is 69.6 Å². The van der Waals surface area contributed by atoms with E-state index in [-0.39, 0.29) is 17.9 Å². The van der Waals surface area contributed by atoms with Gasteiger partial charge in [0.15, 0.2) is 0 Å². The number of hydrogen-bond acceptors (Lipinski definition) is 3. The van der Waals surface area contributed by atoms with Crippen molar-refractivity contribution >= 4 is 29.4 Å². The molecule has 0 heterocycles. The van der Waals surface area contributed by atoms with Crippen molar-refractivity contribution in [2.45, 2.75) is 49.3 Å². The molecule has 0 saturated carbocycles. The fourth-order valence-corrected chi connectivity index (χ4v) is 4.50. The zero-order chi connectivity index (χ0) is 21.2. The summed E-state index contributed by atoms with van der Waals surface area (Å²) in [6.45, 7) is 5.87. The van der Waals surface area contributed by atoms with Gasteiger partial charge < -0.3 is 15.3 Å². The van der Waals surface area contributed by atoms with Crippen LogP contribution in [-0.4, -0.2) is 39.3 Å². The molecule has 3 rings (SSSR count). The molecule has 0 bridgehead atoms. The molecule has 0 unspecified atom stereocenters. The molecule has 29 heavy (non-hydrogen) atoms. The van der Waals surface area contributed by atoms with Gasteiger partial charge in [-0.05, 0) is 81.1 Å². The standard InChI is InChI=1S/C22H25FN2O3S/c1-4-25(21(28)24-17-8-6-16(23)7-9-17)18-11-14-5-10-19(13-15(14)12-18)29-22(2,3)20(26)27/h5-10,13,18H,4,11-12H2,1-3H3,(H,24,28)(H,26,27)/t18-/m1/s1. The monoisotopic (exact) mass is 416 g/mol. The van der Waals surface area contributed by atoms with Crippen LogP contribution >= 0.6 is 11.8 Å². The Balaban J connectivity index is 1.69. The molecule has 0 spiro atoms. The summed E-state index contributed by atoms with van der Waals surface area (Å²) in [4.78, 5) is 26.8. The number of urea groups is 1. The van der Waals surface area contributed by atoms with Gasteiger partial charge in [0.1, 0.15) is 10.6 Å². The van der Waals surface area contributed by atoms with Gasteiger partial charge in [0.25, 0.3) is 0 Å². The molecular formula is C22H25FN2O3S. The van der Waals surface area contributed by atoms with E-state index in [0.29, 0.717) is 12.2 Å². The van der Waals surface area contributed by atoms with E-state index in [9.17, 15) is 19.1 Å². The van der Waals surface area contributed by atoms with Gasteiger partial charge in [-0.2, -0.15) is 0 Å². The van der Waals surface area contributed by atoms with Crippen LogP contribution in [0.15, 0.2) is 47.4 Å². The van der Waals surface area contributed by atoms with Gasteiger partial charge in [0.2, 0.25) is 0 Å². The number of carboxylic acid groups (broad SMARTS) is 1. The summed E-state index contributed by atoms with van der Waals surface area (Å²) in [5.74, 6) is -1.20. The number of anilines is 1. The molecule has 1 atom stereocenters. The van der Waals surface area contributed by atoms with Crippen molar-refractivity contribution in [1.29, 1.82) is 0 Å². The van der Waals surface area contributed by atoms with Crippen LogP contribution in [0.2, 0.25) is 0 Å². The molecule has 7 heteroatoms. The summed E-state index contributed by atoms with van der Waals surface area (Å²) in [5.41, 5.74) is 2.88. The maximum Gasteiger partial charge on any atom is 0.322 e. The van der Waals surface area contributed by atoms with Crippen LogP contribution in [0.5, 0.6) is 0 Å². The molecule has 5 nitrogen and oxygen atoms in total. The number of carbonyl (C=O) groups is 2. The fraction of sp³-hybridized carbons (Fsp3) is 0.364. The van der Waals surface area contributed by atoms with E-state index in [0.717, 1.165) is 23.3 Å². The molecule has 1 aliphatic rings. The minimum Gasteiger partial charge on any atom is -0.480 e. The Morgan fingerprint density at radius 3 is 2.45 bits per heavy atom. The minimum atomic E-state index is -0.906. The van der Waals surface area contributed by atoms with Gasteiger partial charge >= 0.3 is 12.0 Å². The number of aliphatic carboxylic acids is 1. The summed E-state index contributed by atoms with van der Waals surface area (Å²) >= 11 is 1.32. The Hall–Kier alpha value is -2.54. The van der Waals surface area contributed by atoms with E-state index in [4.69, 9.17) is 0 Å². The Morgan fingerprint density at radius 1 is 1.17 bits per heavy atom. The third-order valence-electron chi connectivity index (χ3n) is 5.11. The molecule has 0 saturated heterocycles. The molecule has 2 aromatic carbocycles. The van der Waals surface area contributed by atoms with E-state index in [1.54, 1.807) is 18.7 Å². The van der Waals surface area contributed by atoms with E-state index < -0.39 is 10.7 Å². The normalized spacial score (nSPS) is 15.7. The van der Waals surface area contributed by atoms with E-state index in [1.165, 1.54) is 41.6 Å². The first-order valence-corrected chi connectivity index (χ1v) is 10.4. The molecule has 2 aromatic rings. The number of benzene rings is 2. The predicted octanol–water partition coefficient (Wildman–Crippen LogP) is 4.80. The van der Waals surface area contributed by atoms with Gasteiger partial charge in [-0.3, -0.25) is 4.79 Å². The lowest BCUT2D eigenvalue weighted by Crippen LogP contribution is -2.43. The molecule has 1 aliphatic carbocycles.